The second-order valence-corrected chi connectivity index (χ2v) is 5.20. The first-order valence-electron chi connectivity index (χ1n) is 6.46. The fourth-order valence-electron chi connectivity index (χ4n) is 2.39. The quantitative estimate of drug-likeness (QED) is 0.503. The van der Waals surface area contributed by atoms with Crippen molar-refractivity contribution in [1.29, 1.82) is 0 Å². The third-order valence-corrected chi connectivity index (χ3v) is 3.17. The van der Waals surface area contributed by atoms with Crippen LogP contribution in [0.15, 0.2) is 11.6 Å². The Hall–Kier alpha value is -0.790. The van der Waals surface area contributed by atoms with E-state index in [0.29, 0.717) is 0 Å². The van der Waals surface area contributed by atoms with Crippen LogP contribution in [0.4, 0.5) is 0 Å². The van der Waals surface area contributed by atoms with E-state index in [1.165, 1.54) is 25.7 Å². The third kappa shape index (κ3) is 4.38. The van der Waals surface area contributed by atoms with Crippen molar-refractivity contribution in [3.05, 3.63) is 11.6 Å². The second-order valence-electron chi connectivity index (χ2n) is 5.20. The summed E-state index contributed by atoms with van der Waals surface area (Å²) < 4.78 is 5.44. The van der Waals surface area contributed by atoms with Crippen LogP contribution in [0, 0.1) is 0 Å². The van der Waals surface area contributed by atoms with Crippen LogP contribution in [0.3, 0.4) is 0 Å². The van der Waals surface area contributed by atoms with E-state index >= 15 is 0 Å². The summed E-state index contributed by atoms with van der Waals surface area (Å²) in [4.78, 5) is 11.3. The number of unbranched alkanes of at least 4 members (excludes halogenated alkanes) is 4. The molecule has 0 spiro atoms. The summed E-state index contributed by atoms with van der Waals surface area (Å²) in [5, 5.41) is 0. The van der Waals surface area contributed by atoms with Gasteiger partial charge in [-0.3, -0.25) is 0 Å². The van der Waals surface area contributed by atoms with Crippen LogP contribution in [-0.2, 0) is 9.53 Å². The number of carbonyl (C=O) groups excluding carboxylic acids is 1. The van der Waals surface area contributed by atoms with Crippen molar-refractivity contribution in [3.63, 3.8) is 0 Å². The molecule has 0 amide bonds. The summed E-state index contributed by atoms with van der Waals surface area (Å²) in [6.07, 6.45) is 9.80. The third-order valence-electron chi connectivity index (χ3n) is 3.17. The SMILES string of the molecule is CCCCCCCC1(C)CC(C)=CC(=O)O1. The monoisotopic (exact) mass is 224 g/mol. The Morgan fingerprint density at radius 2 is 2.00 bits per heavy atom. The molecule has 0 radical (unpaired) electrons. The maximum Gasteiger partial charge on any atom is 0.331 e. The average Bonchev–Trinajstić information content (AvgIpc) is 2.15. The molecule has 0 N–H and O–H groups in total. The van der Waals surface area contributed by atoms with Gasteiger partial charge in [0.15, 0.2) is 0 Å². The van der Waals surface area contributed by atoms with Crippen molar-refractivity contribution < 1.29 is 9.53 Å². The van der Waals surface area contributed by atoms with Crippen LogP contribution in [-0.4, -0.2) is 11.6 Å². The molecule has 1 heterocycles. The highest BCUT2D eigenvalue weighted by Crippen LogP contribution is 2.30. The van der Waals surface area contributed by atoms with Gasteiger partial charge in [-0.25, -0.2) is 4.79 Å². The van der Waals surface area contributed by atoms with Gasteiger partial charge in [-0.05, 0) is 26.7 Å². The molecule has 1 aliphatic rings. The standard InChI is InChI=1S/C14H24O2/c1-4-5-6-7-8-9-14(3)11-12(2)10-13(15)16-14/h10H,4-9,11H2,1-3H3. The number of hydrogen-bond acceptors (Lipinski definition) is 2. The number of rotatable bonds is 6. The van der Waals surface area contributed by atoms with Crippen molar-refractivity contribution >= 4 is 5.97 Å². The van der Waals surface area contributed by atoms with Gasteiger partial charge >= 0.3 is 5.97 Å². The number of cyclic esters (lactones) is 1. The van der Waals surface area contributed by atoms with E-state index < -0.39 is 0 Å². The minimum atomic E-state index is -0.248. The second kappa shape index (κ2) is 6.07. The molecule has 92 valence electrons. The molecule has 0 bridgehead atoms. The Labute approximate surface area is 99.1 Å². The molecule has 0 aromatic carbocycles. The maximum atomic E-state index is 11.3. The molecular weight excluding hydrogens is 200 g/mol. The largest absolute Gasteiger partial charge is 0.456 e. The van der Waals surface area contributed by atoms with Gasteiger partial charge in [0.25, 0.3) is 0 Å². The molecular formula is C14H24O2. The lowest BCUT2D eigenvalue weighted by Gasteiger charge is -2.32. The molecule has 0 saturated heterocycles. The van der Waals surface area contributed by atoms with Gasteiger partial charge in [0.05, 0.1) is 0 Å². The van der Waals surface area contributed by atoms with Gasteiger partial charge < -0.3 is 4.74 Å². The van der Waals surface area contributed by atoms with E-state index in [-0.39, 0.29) is 11.6 Å². The first-order chi connectivity index (χ1) is 7.56. The summed E-state index contributed by atoms with van der Waals surface area (Å²) in [7, 11) is 0. The zero-order valence-electron chi connectivity index (χ0n) is 10.8. The van der Waals surface area contributed by atoms with Crippen LogP contribution in [0.2, 0.25) is 0 Å². The van der Waals surface area contributed by atoms with E-state index in [2.05, 4.69) is 13.8 Å². The Balaban J connectivity index is 2.30. The Kier molecular flexibility index (Phi) is 5.04. The molecule has 1 rings (SSSR count). The zero-order chi connectivity index (χ0) is 12.0. The summed E-state index contributed by atoms with van der Waals surface area (Å²) in [5.41, 5.74) is 0.898. The zero-order valence-corrected chi connectivity index (χ0v) is 10.8. The Bertz CT molecular complexity index is 268. The Morgan fingerprint density at radius 3 is 2.62 bits per heavy atom. The van der Waals surface area contributed by atoms with E-state index in [1.54, 1.807) is 6.08 Å². The number of carbonyl (C=O) groups is 1. The molecule has 2 heteroatoms. The highest BCUT2D eigenvalue weighted by molar-refractivity contribution is 5.84. The van der Waals surface area contributed by atoms with E-state index in [4.69, 9.17) is 4.74 Å². The predicted octanol–water partition coefficient (Wildman–Crippen LogP) is 4.00. The summed E-state index contributed by atoms with van der Waals surface area (Å²) >= 11 is 0. The molecule has 0 saturated carbocycles. The van der Waals surface area contributed by atoms with Crippen LogP contribution in [0.5, 0.6) is 0 Å². The molecule has 0 fully saturated rings. The topological polar surface area (TPSA) is 26.3 Å². The molecule has 0 aromatic rings. The van der Waals surface area contributed by atoms with Gasteiger partial charge in [-0.15, -0.1) is 0 Å². The summed E-state index contributed by atoms with van der Waals surface area (Å²) in [6.45, 7) is 6.29. The van der Waals surface area contributed by atoms with Crippen LogP contribution in [0.1, 0.15) is 65.7 Å². The van der Waals surface area contributed by atoms with Crippen molar-refractivity contribution in [3.8, 4) is 0 Å². The van der Waals surface area contributed by atoms with Gasteiger partial charge in [0.2, 0.25) is 0 Å². The molecule has 0 aliphatic carbocycles. The van der Waals surface area contributed by atoms with Gasteiger partial charge in [-0.2, -0.15) is 0 Å². The number of ether oxygens (including phenoxy) is 1. The minimum Gasteiger partial charge on any atom is -0.456 e. The van der Waals surface area contributed by atoms with Gasteiger partial charge in [0, 0.05) is 12.5 Å². The van der Waals surface area contributed by atoms with Crippen molar-refractivity contribution in [2.24, 2.45) is 0 Å². The normalized spacial score (nSPS) is 25.2. The van der Waals surface area contributed by atoms with Crippen LogP contribution in [0.25, 0.3) is 0 Å². The van der Waals surface area contributed by atoms with Crippen molar-refractivity contribution in [2.75, 3.05) is 0 Å². The van der Waals surface area contributed by atoms with E-state index in [9.17, 15) is 4.79 Å². The van der Waals surface area contributed by atoms with E-state index in [0.717, 1.165) is 24.8 Å². The lowest BCUT2D eigenvalue weighted by atomic mass is 9.89. The number of esters is 1. The lowest BCUT2D eigenvalue weighted by Crippen LogP contribution is -2.34. The van der Waals surface area contributed by atoms with Crippen LogP contribution < -0.4 is 0 Å². The number of hydrogen-bond donors (Lipinski definition) is 0. The summed E-state index contributed by atoms with van der Waals surface area (Å²) in [5.74, 6) is -0.167. The minimum absolute atomic E-state index is 0.167. The van der Waals surface area contributed by atoms with Gasteiger partial charge in [-0.1, -0.05) is 38.2 Å². The maximum absolute atomic E-state index is 11.3. The fraction of sp³-hybridized carbons (Fsp3) is 0.786. The molecule has 1 atom stereocenters. The molecule has 1 aliphatic heterocycles. The smallest absolute Gasteiger partial charge is 0.331 e. The molecule has 16 heavy (non-hydrogen) atoms. The molecule has 1 unspecified atom stereocenters. The van der Waals surface area contributed by atoms with Gasteiger partial charge in [0.1, 0.15) is 5.60 Å². The Morgan fingerprint density at radius 1 is 1.31 bits per heavy atom. The predicted molar refractivity (Wildman–Crippen MR) is 66.2 cm³/mol. The summed E-state index contributed by atoms with van der Waals surface area (Å²) in [6, 6.07) is 0. The van der Waals surface area contributed by atoms with Crippen molar-refractivity contribution in [2.45, 2.75) is 71.3 Å². The highest BCUT2D eigenvalue weighted by atomic mass is 16.6. The lowest BCUT2D eigenvalue weighted by molar-refractivity contribution is -0.154. The first-order valence-corrected chi connectivity index (χ1v) is 6.46. The first kappa shape index (κ1) is 13.3. The van der Waals surface area contributed by atoms with E-state index in [1.807, 2.05) is 6.92 Å². The molecule has 2 nitrogen and oxygen atoms in total. The molecule has 0 aromatic heterocycles. The van der Waals surface area contributed by atoms with Crippen LogP contribution >= 0.6 is 0 Å². The average molecular weight is 224 g/mol. The fourth-order valence-corrected chi connectivity index (χ4v) is 2.39. The highest BCUT2D eigenvalue weighted by Gasteiger charge is 2.31. The van der Waals surface area contributed by atoms with Crippen molar-refractivity contribution in [1.82, 2.24) is 0 Å².